The van der Waals surface area contributed by atoms with Gasteiger partial charge in [0.2, 0.25) is 15.9 Å². The summed E-state index contributed by atoms with van der Waals surface area (Å²) in [5.41, 5.74) is 9.00. The Balaban J connectivity index is 2.11. The number of nitrogens with two attached hydrogens (primary N) is 1. The summed E-state index contributed by atoms with van der Waals surface area (Å²) in [5.74, 6) is -1.25. The van der Waals surface area contributed by atoms with Crippen LogP contribution < -0.4 is 15.4 Å². The molecule has 0 saturated carbocycles. The molecule has 3 rings (SSSR count). The number of nitrogens with zero attached hydrogens (tertiary/aromatic N) is 1. The molecule has 178 valence electrons. The second-order valence-corrected chi connectivity index (χ2v) is 10.1. The first-order chi connectivity index (χ1) is 16.1. The van der Waals surface area contributed by atoms with E-state index in [1.54, 1.807) is 0 Å². The van der Waals surface area contributed by atoms with E-state index >= 15 is 0 Å². The van der Waals surface area contributed by atoms with Gasteiger partial charge in [-0.25, -0.2) is 8.42 Å². The molecule has 0 heterocycles. The summed E-state index contributed by atoms with van der Waals surface area (Å²) in [6, 6.07) is 19.1. The molecule has 0 spiro atoms. The Labute approximate surface area is 200 Å². The molecule has 0 bridgehead atoms. The van der Waals surface area contributed by atoms with Gasteiger partial charge in [0, 0.05) is 22.5 Å². The van der Waals surface area contributed by atoms with E-state index in [1.807, 2.05) is 69.3 Å². The Kier molecular flexibility index (Phi) is 7.73. The highest BCUT2D eigenvalue weighted by molar-refractivity contribution is 7.92. The number of rotatable bonds is 9. The van der Waals surface area contributed by atoms with E-state index in [-0.39, 0.29) is 22.6 Å². The van der Waals surface area contributed by atoms with Crippen molar-refractivity contribution in [2.45, 2.75) is 33.6 Å². The second-order valence-electron chi connectivity index (χ2n) is 8.26. The number of benzene rings is 3. The highest BCUT2D eigenvalue weighted by atomic mass is 32.2. The van der Waals surface area contributed by atoms with Crippen LogP contribution in [-0.4, -0.2) is 26.0 Å². The fraction of sp³-hybridized carbons (Fsp3) is 0.231. The Morgan fingerprint density at radius 3 is 1.94 bits per heavy atom. The maximum absolute atomic E-state index is 13.8. The zero-order chi connectivity index (χ0) is 24.9. The molecule has 0 unspecified atom stereocenters. The lowest BCUT2D eigenvalue weighted by Crippen LogP contribution is -2.27. The van der Waals surface area contributed by atoms with Gasteiger partial charge in [-0.3, -0.25) is 19.2 Å². The van der Waals surface area contributed by atoms with Gasteiger partial charge in [-0.05, 0) is 73.9 Å². The lowest BCUT2D eigenvalue weighted by atomic mass is 10.1. The molecule has 0 aliphatic rings. The van der Waals surface area contributed by atoms with Crippen LogP contribution in [0, 0.1) is 13.8 Å². The van der Waals surface area contributed by atoms with E-state index in [2.05, 4.69) is 4.72 Å². The number of amides is 2. The summed E-state index contributed by atoms with van der Waals surface area (Å²) in [6.07, 6.45) is 1.21. The fourth-order valence-electron chi connectivity index (χ4n) is 3.56. The van der Waals surface area contributed by atoms with Gasteiger partial charge in [-0.2, -0.15) is 0 Å². The lowest BCUT2D eigenvalue weighted by molar-refractivity contribution is 0.0998. The van der Waals surface area contributed by atoms with Crippen LogP contribution in [0.5, 0.6) is 0 Å². The van der Waals surface area contributed by atoms with E-state index in [1.165, 1.54) is 23.1 Å². The maximum Gasteiger partial charge on any atom is 0.262 e. The van der Waals surface area contributed by atoms with Gasteiger partial charge in [-0.1, -0.05) is 37.6 Å². The van der Waals surface area contributed by atoms with Crippen molar-refractivity contribution in [3.63, 3.8) is 0 Å². The zero-order valence-electron chi connectivity index (χ0n) is 19.5. The van der Waals surface area contributed by atoms with Crippen molar-refractivity contribution < 1.29 is 18.0 Å². The molecule has 0 saturated heterocycles. The summed E-state index contributed by atoms with van der Waals surface area (Å²) in [4.78, 5) is 27.4. The Hall–Kier alpha value is -3.65. The number of primary amides is 1. The first kappa shape index (κ1) is 25.0. The van der Waals surface area contributed by atoms with Gasteiger partial charge < -0.3 is 5.73 Å². The molecule has 0 atom stereocenters. The van der Waals surface area contributed by atoms with Crippen LogP contribution in [0.2, 0.25) is 0 Å². The molecule has 34 heavy (non-hydrogen) atoms. The normalized spacial score (nSPS) is 11.1. The van der Waals surface area contributed by atoms with Gasteiger partial charge in [0.05, 0.1) is 11.4 Å². The standard InChI is InChI=1S/C26H29N3O4S/c1-4-5-12-34(32,33)28-22-16-20(25(27)30)15-21(17-22)26(31)29(23-10-6-8-18(2)13-23)24-11-7-9-19(3)14-24/h6-11,13-17,28H,4-5,12H2,1-3H3,(H2,27,30). The summed E-state index contributed by atoms with van der Waals surface area (Å²) in [5, 5.41) is 0. The third-order valence-electron chi connectivity index (χ3n) is 5.23. The predicted molar refractivity (Wildman–Crippen MR) is 136 cm³/mol. The fourth-order valence-corrected chi connectivity index (χ4v) is 4.81. The predicted octanol–water partition coefficient (Wildman–Crippen LogP) is 4.92. The van der Waals surface area contributed by atoms with Crippen molar-refractivity contribution in [2.75, 3.05) is 15.4 Å². The van der Waals surface area contributed by atoms with Crippen LogP contribution in [0.3, 0.4) is 0 Å². The van der Waals surface area contributed by atoms with Gasteiger partial charge in [0.15, 0.2) is 0 Å². The SMILES string of the molecule is CCCCS(=O)(=O)Nc1cc(C(N)=O)cc(C(=O)N(c2cccc(C)c2)c2cccc(C)c2)c1. The molecule has 0 fully saturated rings. The minimum Gasteiger partial charge on any atom is -0.366 e. The van der Waals surface area contributed by atoms with E-state index in [9.17, 15) is 18.0 Å². The van der Waals surface area contributed by atoms with E-state index in [0.717, 1.165) is 11.1 Å². The molecular weight excluding hydrogens is 450 g/mol. The zero-order valence-corrected chi connectivity index (χ0v) is 20.4. The van der Waals surface area contributed by atoms with Crippen LogP contribution >= 0.6 is 0 Å². The molecular formula is C26H29N3O4S. The monoisotopic (exact) mass is 479 g/mol. The molecule has 2 amide bonds. The van der Waals surface area contributed by atoms with E-state index in [0.29, 0.717) is 24.2 Å². The summed E-state index contributed by atoms with van der Waals surface area (Å²) >= 11 is 0. The number of carbonyl (C=O) groups excluding carboxylic acids is 2. The highest BCUT2D eigenvalue weighted by Crippen LogP contribution is 2.30. The van der Waals surface area contributed by atoms with Crippen molar-refractivity contribution in [3.8, 4) is 0 Å². The largest absolute Gasteiger partial charge is 0.366 e. The molecule has 7 nitrogen and oxygen atoms in total. The average Bonchev–Trinajstić information content (AvgIpc) is 2.77. The van der Waals surface area contributed by atoms with Gasteiger partial charge >= 0.3 is 0 Å². The lowest BCUT2D eigenvalue weighted by Gasteiger charge is -2.24. The van der Waals surface area contributed by atoms with Gasteiger partial charge in [-0.15, -0.1) is 0 Å². The Bertz CT molecular complexity index is 1270. The molecule has 3 N–H and O–H groups in total. The number of hydrogen-bond acceptors (Lipinski definition) is 4. The molecule has 8 heteroatoms. The molecule has 3 aromatic carbocycles. The molecule has 0 aliphatic heterocycles. The quantitative estimate of drug-likeness (QED) is 0.454. The Morgan fingerprint density at radius 1 is 0.882 bits per heavy atom. The number of unbranched alkanes of at least 4 members (excludes halogenated alkanes) is 1. The van der Waals surface area contributed by atoms with Crippen molar-refractivity contribution >= 4 is 38.9 Å². The highest BCUT2D eigenvalue weighted by Gasteiger charge is 2.23. The van der Waals surface area contributed by atoms with Crippen molar-refractivity contribution in [2.24, 2.45) is 5.73 Å². The summed E-state index contributed by atoms with van der Waals surface area (Å²) < 4.78 is 27.4. The van der Waals surface area contributed by atoms with E-state index in [4.69, 9.17) is 5.73 Å². The number of nitrogens with one attached hydrogen (secondary N) is 1. The third-order valence-corrected chi connectivity index (χ3v) is 6.60. The first-order valence-electron chi connectivity index (χ1n) is 11.0. The maximum atomic E-state index is 13.8. The average molecular weight is 480 g/mol. The van der Waals surface area contributed by atoms with Crippen molar-refractivity contribution in [3.05, 3.63) is 89.0 Å². The van der Waals surface area contributed by atoms with Crippen molar-refractivity contribution in [1.29, 1.82) is 0 Å². The molecule has 0 aromatic heterocycles. The minimum atomic E-state index is -3.64. The molecule has 0 aliphatic carbocycles. The van der Waals surface area contributed by atoms with Gasteiger partial charge in [0.1, 0.15) is 0 Å². The summed E-state index contributed by atoms with van der Waals surface area (Å²) in [6.45, 7) is 5.75. The number of carbonyl (C=O) groups is 2. The molecule has 3 aromatic rings. The number of anilines is 3. The third kappa shape index (κ3) is 6.23. The first-order valence-corrected chi connectivity index (χ1v) is 12.7. The van der Waals surface area contributed by atoms with Crippen LogP contribution in [0.4, 0.5) is 17.1 Å². The minimum absolute atomic E-state index is 0.0347. The van der Waals surface area contributed by atoms with Crippen LogP contribution in [0.1, 0.15) is 51.6 Å². The number of sulfonamides is 1. The van der Waals surface area contributed by atoms with Crippen LogP contribution in [0.15, 0.2) is 66.7 Å². The smallest absolute Gasteiger partial charge is 0.262 e. The van der Waals surface area contributed by atoms with Crippen LogP contribution in [-0.2, 0) is 10.0 Å². The van der Waals surface area contributed by atoms with Crippen molar-refractivity contribution in [1.82, 2.24) is 0 Å². The number of aryl methyl sites for hydroxylation is 2. The second kappa shape index (κ2) is 10.5. The Morgan fingerprint density at radius 2 is 1.44 bits per heavy atom. The number of hydrogen-bond donors (Lipinski definition) is 2. The van der Waals surface area contributed by atoms with Crippen LogP contribution in [0.25, 0.3) is 0 Å². The van der Waals surface area contributed by atoms with E-state index < -0.39 is 21.8 Å². The van der Waals surface area contributed by atoms with Gasteiger partial charge in [0.25, 0.3) is 5.91 Å². The topological polar surface area (TPSA) is 110 Å². The molecule has 0 radical (unpaired) electrons. The summed E-state index contributed by atoms with van der Waals surface area (Å²) in [7, 11) is -3.64.